The minimum Gasteiger partial charge on any atom is -0.402 e. The molecule has 4 aromatic heterocycles. The zero-order valence-corrected chi connectivity index (χ0v) is 19.4. The van der Waals surface area contributed by atoms with Crippen LogP contribution >= 0.6 is 47.8 Å². The number of aromatic amines is 4. The molecule has 5 rings (SSSR count). The molecule has 0 saturated heterocycles. The van der Waals surface area contributed by atoms with E-state index in [1.807, 2.05) is 0 Å². The summed E-state index contributed by atoms with van der Waals surface area (Å²) in [6.07, 6.45) is 5.35. The number of phosphoric ester groups is 1. The number of tetrazole rings is 3. The highest BCUT2D eigenvalue weighted by Crippen LogP contribution is 2.44. The van der Waals surface area contributed by atoms with Gasteiger partial charge in [-0.05, 0) is 28.1 Å². The predicted molar refractivity (Wildman–Crippen MR) is 113 cm³/mol. The summed E-state index contributed by atoms with van der Waals surface area (Å²) in [5.41, 5.74) is 0.636. The monoisotopic (exact) mass is 571 g/mol. The fourth-order valence-electron chi connectivity index (χ4n) is 1.71. The number of H-pyrrole nitrogens is 4. The second kappa shape index (κ2) is 14.1. The molecule has 0 unspecified atom stereocenters. The van der Waals surface area contributed by atoms with Gasteiger partial charge in [-0.2, -0.15) is 15.6 Å². The van der Waals surface area contributed by atoms with Crippen molar-refractivity contribution < 1.29 is 18.9 Å². The molecule has 4 heterocycles. The smallest absolute Gasteiger partial charge is 0.402 e. The van der Waals surface area contributed by atoms with Gasteiger partial charge >= 0.3 is 7.82 Å². The number of benzene rings is 1. The van der Waals surface area contributed by atoms with E-state index in [-0.39, 0.29) is 18.2 Å². The normalized spacial score (nSPS) is 9.75. The van der Waals surface area contributed by atoms with Crippen LogP contribution in [0, 0.1) is 0 Å². The van der Waals surface area contributed by atoms with Crippen molar-refractivity contribution in [3.05, 3.63) is 46.8 Å². The molecular weight excluding hydrogens is 560 g/mol. The van der Waals surface area contributed by atoms with Crippen LogP contribution in [-0.4, -0.2) is 76.6 Å². The molecule has 0 amide bonds. The fourth-order valence-corrected chi connectivity index (χ4v) is 2.70. The molecule has 0 atom stereocenters. The Kier molecular flexibility index (Phi) is 11.9. The highest BCUT2D eigenvalue weighted by Gasteiger charge is 2.20. The van der Waals surface area contributed by atoms with Gasteiger partial charge in [0.05, 0.1) is 15.9 Å². The maximum Gasteiger partial charge on any atom is 0.524 e. The van der Waals surface area contributed by atoms with Crippen molar-refractivity contribution >= 4 is 58.7 Å². The first-order chi connectivity index (χ1) is 14.9. The topological polar surface area (TPSA) is 246 Å². The first-order valence-corrected chi connectivity index (χ1v) is 10.3. The maximum atomic E-state index is 10.7. The van der Waals surface area contributed by atoms with Gasteiger partial charge in [-0.15, -0.1) is 43.0 Å². The van der Waals surface area contributed by atoms with Crippen molar-refractivity contribution in [1.82, 2.24) is 66.9 Å². The van der Waals surface area contributed by atoms with E-state index in [9.17, 15) is 4.57 Å². The first-order valence-electron chi connectivity index (χ1n) is 7.58. The van der Waals surface area contributed by atoms with Crippen LogP contribution in [0.1, 0.15) is 0 Å². The molecule has 0 spiro atoms. The summed E-state index contributed by atoms with van der Waals surface area (Å²) in [5, 5.41) is 37.3. The molecule has 21 heteroatoms. The van der Waals surface area contributed by atoms with Gasteiger partial charge in [0.1, 0.15) is 0 Å². The number of fused-ring (bicyclic) bond motifs is 1. The van der Waals surface area contributed by atoms with Crippen LogP contribution in [0.5, 0.6) is 5.75 Å². The van der Waals surface area contributed by atoms with E-state index in [2.05, 4.69) is 87.3 Å². The standard InChI is InChI=1S/C8H6BrClNO4P.3CH2N4.ClH/c9-4-1-2-5-7(8(4)10)6(3-11-5)15-16(12,13)14;3*1-2-4-5-3-1;/h1-3,11H,(H2,12,13,14);3*1H,(H,2,3,4,5);1H. The lowest BCUT2D eigenvalue weighted by molar-refractivity contribution is 0.284. The van der Waals surface area contributed by atoms with Crippen LogP contribution in [0.15, 0.2) is 41.8 Å². The lowest BCUT2D eigenvalue weighted by Crippen LogP contribution is -1.89. The molecule has 0 aliphatic rings. The second-order valence-corrected chi connectivity index (χ2v) is 7.09. The van der Waals surface area contributed by atoms with E-state index in [1.54, 1.807) is 12.1 Å². The van der Waals surface area contributed by atoms with Gasteiger partial charge < -0.3 is 9.51 Å². The summed E-state index contributed by atoms with van der Waals surface area (Å²) < 4.78 is 15.9. The molecular formula is C11H13BrCl2N13O4P. The van der Waals surface area contributed by atoms with Gasteiger partial charge in [0.15, 0.2) is 24.7 Å². The van der Waals surface area contributed by atoms with Crippen LogP contribution in [0.3, 0.4) is 0 Å². The average molecular weight is 573 g/mol. The Morgan fingerprint density at radius 2 is 1.44 bits per heavy atom. The third-order valence-electron chi connectivity index (χ3n) is 2.73. The first kappa shape index (κ1) is 27.0. The van der Waals surface area contributed by atoms with Crippen molar-refractivity contribution in [2.45, 2.75) is 0 Å². The Morgan fingerprint density at radius 1 is 0.938 bits per heavy atom. The van der Waals surface area contributed by atoms with Gasteiger partial charge in [-0.25, -0.2) is 4.57 Å². The van der Waals surface area contributed by atoms with Crippen LogP contribution in [0.25, 0.3) is 10.9 Å². The number of rotatable bonds is 2. The van der Waals surface area contributed by atoms with E-state index in [0.717, 1.165) is 0 Å². The molecule has 0 bridgehead atoms. The van der Waals surface area contributed by atoms with Crippen molar-refractivity contribution in [3.8, 4) is 5.75 Å². The Labute approximate surface area is 196 Å². The quantitative estimate of drug-likeness (QED) is 0.162. The minimum atomic E-state index is -4.59. The lowest BCUT2D eigenvalue weighted by atomic mass is 10.2. The Balaban J connectivity index is 0.000000259. The minimum absolute atomic E-state index is 0. The molecule has 0 fully saturated rings. The average Bonchev–Trinajstić information content (AvgIpc) is 3.53. The molecule has 17 nitrogen and oxygen atoms in total. The molecule has 0 aliphatic heterocycles. The summed E-state index contributed by atoms with van der Waals surface area (Å²) in [5.74, 6) is 0.0228. The van der Waals surface area contributed by atoms with Gasteiger partial charge in [-0.3, -0.25) is 9.79 Å². The van der Waals surface area contributed by atoms with E-state index in [1.165, 1.54) is 25.2 Å². The predicted octanol–water partition coefficient (Wildman–Crippen LogP) is 1.08. The fraction of sp³-hybridized carbons (Fsp3) is 0. The van der Waals surface area contributed by atoms with Gasteiger partial charge in [0.2, 0.25) is 0 Å². The van der Waals surface area contributed by atoms with Gasteiger partial charge in [-0.1, -0.05) is 27.2 Å². The Hall–Kier alpha value is -3.02. The highest BCUT2D eigenvalue weighted by atomic mass is 79.9. The number of halogens is 3. The van der Waals surface area contributed by atoms with E-state index < -0.39 is 7.82 Å². The summed E-state index contributed by atoms with van der Waals surface area (Å²) in [4.78, 5) is 20.3. The Bertz CT molecular complexity index is 1040. The number of hydrogen-bond donors (Lipinski definition) is 6. The SMILES string of the molecule is Cl.O=P(O)(O)Oc1c[nH]c2ccc(Br)c(Cl)c12.c1nn[nH]n1.c1nn[nH]n1.c1nn[nH]n1. The molecule has 172 valence electrons. The Morgan fingerprint density at radius 3 is 1.78 bits per heavy atom. The number of hydrogen-bond acceptors (Lipinski definition) is 11. The summed E-state index contributed by atoms with van der Waals surface area (Å²) in [6, 6.07) is 3.44. The summed E-state index contributed by atoms with van der Waals surface area (Å²) in [6.45, 7) is 0. The molecule has 5 aromatic rings. The van der Waals surface area contributed by atoms with Gasteiger partial charge in [0.25, 0.3) is 0 Å². The summed E-state index contributed by atoms with van der Waals surface area (Å²) in [7, 11) is -4.59. The lowest BCUT2D eigenvalue weighted by Gasteiger charge is -2.06. The second-order valence-electron chi connectivity index (χ2n) is 4.70. The largest absolute Gasteiger partial charge is 0.524 e. The van der Waals surface area contributed by atoms with E-state index in [4.69, 9.17) is 21.4 Å². The van der Waals surface area contributed by atoms with E-state index >= 15 is 0 Å². The number of phosphoric acid groups is 1. The number of nitrogens with one attached hydrogen (secondary N) is 4. The van der Waals surface area contributed by atoms with E-state index in [0.29, 0.717) is 20.4 Å². The molecule has 0 radical (unpaired) electrons. The van der Waals surface area contributed by atoms with Crippen LogP contribution in [0.2, 0.25) is 5.02 Å². The maximum absolute atomic E-state index is 10.7. The van der Waals surface area contributed by atoms with Crippen LogP contribution in [0.4, 0.5) is 0 Å². The van der Waals surface area contributed by atoms with Gasteiger partial charge in [0, 0.05) is 10.7 Å². The van der Waals surface area contributed by atoms with Crippen LogP contribution < -0.4 is 4.52 Å². The van der Waals surface area contributed by atoms with Crippen molar-refractivity contribution in [2.75, 3.05) is 0 Å². The molecule has 6 N–H and O–H groups in total. The zero-order chi connectivity index (χ0) is 22.5. The molecule has 32 heavy (non-hydrogen) atoms. The van der Waals surface area contributed by atoms with Crippen molar-refractivity contribution in [1.29, 1.82) is 0 Å². The number of nitrogens with zero attached hydrogens (tertiary/aromatic N) is 9. The van der Waals surface area contributed by atoms with Crippen molar-refractivity contribution in [2.24, 2.45) is 0 Å². The third-order valence-corrected chi connectivity index (χ3v) is 4.44. The number of aromatic nitrogens is 13. The third kappa shape index (κ3) is 9.86. The molecule has 0 saturated carbocycles. The van der Waals surface area contributed by atoms with Crippen molar-refractivity contribution in [3.63, 3.8) is 0 Å². The molecule has 1 aromatic carbocycles. The summed E-state index contributed by atoms with van der Waals surface area (Å²) >= 11 is 9.22. The molecule has 0 aliphatic carbocycles. The highest BCUT2D eigenvalue weighted by molar-refractivity contribution is 9.10. The van der Waals surface area contributed by atoms with Crippen LogP contribution in [-0.2, 0) is 4.57 Å². The zero-order valence-electron chi connectivity index (χ0n) is 15.3.